The third kappa shape index (κ3) is 5.65. The number of nitrogens with zero attached hydrogens (tertiary/aromatic N) is 5. The summed E-state index contributed by atoms with van der Waals surface area (Å²) in [6.45, 7) is 4.23. The van der Waals surface area contributed by atoms with E-state index in [1.54, 1.807) is 4.90 Å². The number of hydrogen-bond acceptors (Lipinski definition) is 8. The highest BCUT2D eigenvalue weighted by Crippen LogP contribution is 2.38. The Morgan fingerprint density at radius 2 is 1.90 bits per heavy atom. The van der Waals surface area contributed by atoms with E-state index in [9.17, 15) is 10.1 Å². The van der Waals surface area contributed by atoms with Crippen LogP contribution >= 0.6 is 11.8 Å². The first-order chi connectivity index (χ1) is 20.6. The normalized spacial score (nSPS) is 18.4. The van der Waals surface area contributed by atoms with Gasteiger partial charge < -0.3 is 19.3 Å². The van der Waals surface area contributed by atoms with E-state index in [0.29, 0.717) is 37.8 Å². The fourth-order valence-corrected chi connectivity index (χ4v) is 6.36. The molecule has 2 aliphatic heterocycles. The van der Waals surface area contributed by atoms with Crippen LogP contribution < -0.4 is 4.90 Å². The number of amides is 1. The van der Waals surface area contributed by atoms with Crippen molar-refractivity contribution in [3.63, 3.8) is 0 Å². The monoisotopic (exact) mass is 579 g/mol. The fraction of sp³-hybridized carbons (Fsp3) is 0.333. The molecule has 0 aliphatic carbocycles. The molecule has 1 amide bonds. The number of anilines is 1. The van der Waals surface area contributed by atoms with Crippen LogP contribution in [0.5, 0.6) is 0 Å². The first-order valence-corrected chi connectivity index (χ1v) is 15.4. The molecule has 214 valence electrons. The van der Waals surface area contributed by atoms with Gasteiger partial charge in [0, 0.05) is 31.6 Å². The lowest BCUT2D eigenvalue weighted by molar-refractivity contribution is 0.0264. The van der Waals surface area contributed by atoms with Crippen molar-refractivity contribution < 1.29 is 14.3 Å². The van der Waals surface area contributed by atoms with Crippen molar-refractivity contribution in [1.29, 1.82) is 5.26 Å². The van der Waals surface area contributed by atoms with Gasteiger partial charge in [0.2, 0.25) is 0 Å². The second kappa shape index (κ2) is 12.4. The van der Waals surface area contributed by atoms with Gasteiger partial charge >= 0.3 is 6.09 Å². The number of fused-ring (bicyclic) bond motifs is 2. The van der Waals surface area contributed by atoms with E-state index in [0.717, 1.165) is 22.6 Å². The highest BCUT2D eigenvalue weighted by atomic mass is 32.2. The summed E-state index contributed by atoms with van der Waals surface area (Å²) in [7, 11) is 0. The highest BCUT2D eigenvalue weighted by molar-refractivity contribution is 7.98. The molecule has 0 radical (unpaired) electrons. The molecule has 0 N–H and O–H groups in total. The minimum atomic E-state index is -0.398. The van der Waals surface area contributed by atoms with Crippen LogP contribution in [0.15, 0.2) is 71.9 Å². The van der Waals surface area contributed by atoms with Gasteiger partial charge in [0.05, 0.1) is 36.9 Å². The Morgan fingerprint density at radius 3 is 2.69 bits per heavy atom. The van der Waals surface area contributed by atoms with Crippen molar-refractivity contribution in [2.75, 3.05) is 30.8 Å². The average Bonchev–Trinajstić information content (AvgIpc) is 3.03. The van der Waals surface area contributed by atoms with Crippen molar-refractivity contribution in [2.45, 2.75) is 50.3 Å². The number of carbonyl (C=O) groups excluding carboxylic acids is 1. The molecule has 1 saturated heterocycles. The van der Waals surface area contributed by atoms with Gasteiger partial charge in [-0.3, -0.25) is 0 Å². The Bertz CT molecular complexity index is 1640. The molecule has 0 saturated carbocycles. The smallest absolute Gasteiger partial charge is 0.410 e. The molecular formula is C33H33N5O3S. The number of aromatic nitrogens is 2. The van der Waals surface area contributed by atoms with Gasteiger partial charge in [0.25, 0.3) is 0 Å². The molecule has 8 nitrogen and oxygen atoms in total. The van der Waals surface area contributed by atoms with Crippen molar-refractivity contribution >= 4 is 34.4 Å². The number of aryl methyl sites for hydroxylation is 1. The van der Waals surface area contributed by atoms with E-state index in [-0.39, 0.29) is 25.2 Å². The number of thioether (sulfide) groups is 1. The highest BCUT2D eigenvalue weighted by Gasteiger charge is 2.35. The molecule has 1 aromatic heterocycles. The second-order valence-corrected chi connectivity index (χ2v) is 11.5. The van der Waals surface area contributed by atoms with Crippen LogP contribution in [0.3, 0.4) is 0 Å². The summed E-state index contributed by atoms with van der Waals surface area (Å²) in [6.07, 6.45) is 2.33. The van der Waals surface area contributed by atoms with Gasteiger partial charge in [-0.25, -0.2) is 14.8 Å². The maximum absolute atomic E-state index is 13.0. The van der Waals surface area contributed by atoms with Crippen LogP contribution in [-0.4, -0.2) is 52.9 Å². The van der Waals surface area contributed by atoms with Crippen LogP contribution in [0.2, 0.25) is 0 Å². The van der Waals surface area contributed by atoms with Gasteiger partial charge in [-0.1, -0.05) is 78.5 Å². The minimum Gasteiger partial charge on any atom is -0.445 e. The molecule has 3 heterocycles. The van der Waals surface area contributed by atoms with Crippen LogP contribution in [0.1, 0.15) is 40.5 Å². The third-order valence-corrected chi connectivity index (χ3v) is 8.63. The molecule has 4 aromatic rings. The van der Waals surface area contributed by atoms with Crippen molar-refractivity contribution in [1.82, 2.24) is 14.9 Å². The summed E-state index contributed by atoms with van der Waals surface area (Å²) in [6, 6.07) is 24.3. The first-order valence-electron chi connectivity index (χ1n) is 14.2. The topological polar surface area (TPSA) is 91.6 Å². The van der Waals surface area contributed by atoms with E-state index in [1.165, 1.54) is 33.7 Å². The molecule has 9 heteroatoms. The van der Waals surface area contributed by atoms with Crippen LogP contribution in [0, 0.1) is 18.3 Å². The zero-order chi connectivity index (χ0) is 29.1. The van der Waals surface area contributed by atoms with E-state index in [2.05, 4.69) is 54.3 Å². The van der Waals surface area contributed by atoms with Gasteiger partial charge in [0.15, 0.2) is 5.16 Å². The number of nitriles is 1. The Labute approximate surface area is 250 Å². The van der Waals surface area contributed by atoms with Crippen LogP contribution in [-0.2, 0) is 29.1 Å². The van der Waals surface area contributed by atoms with E-state index < -0.39 is 6.09 Å². The summed E-state index contributed by atoms with van der Waals surface area (Å²) in [5, 5.41) is 12.7. The molecule has 6 rings (SSSR count). The van der Waals surface area contributed by atoms with Crippen molar-refractivity contribution in [3.8, 4) is 6.07 Å². The van der Waals surface area contributed by atoms with Crippen LogP contribution in [0.25, 0.3) is 10.8 Å². The SMILES string of the molecule is CSc1nc2c(c(N3CCN(C(=O)OCc4ccccc4)[C@@H](CC#N)C3)n1)COC(c1cccc3cccc(C)c13)C2. The van der Waals surface area contributed by atoms with E-state index in [1.807, 2.05) is 36.6 Å². The summed E-state index contributed by atoms with van der Waals surface area (Å²) in [5.41, 5.74) is 5.31. The zero-order valence-corrected chi connectivity index (χ0v) is 24.6. The van der Waals surface area contributed by atoms with Gasteiger partial charge in [0.1, 0.15) is 12.4 Å². The van der Waals surface area contributed by atoms with E-state index in [4.69, 9.17) is 19.4 Å². The molecular weight excluding hydrogens is 546 g/mol. The lowest BCUT2D eigenvalue weighted by Gasteiger charge is -2.41. The molecule has 3 aromatic carbocycles. The standard InChI is InChI=1S/C33H33N5O3S/c1-22-8-6-11-24-12-7-13-26(30(22)24)29-18-28-27(21-40-29)31(36-32(35-28)42-2)37-16-17-38(25(19-37)14-15-34)33(39)41-20-23-9-4-3-5-10-23/h3-13,25,29H,14,16-21H2,1-2H3/t25-,29?/m0/s1. The largest absolute Gasteiger partial charge is 0.445 e. The predicted octanol–water partition coefficient (Wildman–Crippen LogP) is 6.22. The number of benzene rings is 3. The number of hydrogen-bond donors (Lipinski definition) is 0. The first kappa shape index (κ1) is 28.0. The lowest BCUT2D eigenvalue weighted by Crippen LogP contribution is -2.55. The summed E-state index contributed by atoms with van der Waals surface area (Å²) in [4.78, 5) is 26.7. The Balaban J connectivity index is 1.24. The van der Waals surface area contributed by atoms with Crippen molar-refractivity contribution in [3.05, 3.63) is 94.7 Å². The number of ether oxygens (including phenoxy) is 2. The predicted molar refractivity (Wildman–Crippen MR) is 163 cm³/mol. The third-order valence-electron chi connectivity index (χ3n) is 8.08. The van der Waals surface area contributed by atoms with E-state index >= 15 is 0 Å². The number of rotatable bonds is 6. The molecule has 0 bridgehead atoms. The molecule has 1 fully saturated rings. The Hall–Kier alpha value is -4.13. The lowest BCUT2D eigenvalue weighted by atomic mass is 9.92. The van der Waals surface area contributed by atoms with Gasteiger partial charge in [-0.2, -0.15) is 5.26 Å². The number of carbonyl (C=O) groups is 1. The summed E-state index contributed by atoms with van der Waals surface area (Å²) >= 11 is 1.52. The minimum absolute atomic E-state index is 0.109. The fourth-order valence-electron chi connectivity index (χ4n) is 5.98. The Morgan fingerprint density at radius 1 is 1.10 bits per heavy atom. The van der Waals surface area contributed by atoms with Gasteiger partial charge in [-0.15, -0.1) is 0 Å². The molecule has 1 unspecified atom stereocenters. The molecule has 2 aliphatic rings. The number of piperazine rings is 1. The maximum Gasteiger partial charge on any atom is 0.410 e. The zero-order valence-electron chi connectivity index (χ0n) is 23.8. The van der Waals surface area contributed by atoms with Crippen LogP contribution in [0.4, 0.5) is 10.6 Å². The maximum atomic E-state index is 13.0. The summed E-state index contributed by atoms with van der Waals surface area (Å²) < 4.78 is 12.1. The average molecular weight is 580 g/mol. The molecule has 42 heavy (non-hydrogen) atoms. The van der Waals surface area contributed by atoms with Gasteiger partial charge in [-0.05, 0) is 40.6 Å². The Kier molecular flexibility index (Phi) is 8.27. The van der Waals surface area contributed by atoms with Crippen molar-refractivity contribution in [2.24, 2.45) is 0 Å². The molecule has 2 atom stereocenters. The second-order valence-electron chi connectivity index (χ2n) is 10.7. The molecule has 0 spiro atoms. The quantitative estimate of drug-likeness (QED) is 0.197. The summed E-state index contributed by atoms with van der Waals surface area (Å²) in [5.74, 6) is 0.831.